The summed E-state index contributed by atoms with van der Waals surface area (Å²) in [5, 5.41) is 3.90. The Balaban J connectivity index is 1.41. The van der Waals surface area contributed by atoms with Gasteiger partial charge in [0.2, 0.25) is 11.8 Å². The quantitative estimate of drug-likeness (QED) is 0.410. The third-order valence-electron chi connectivity index (χ3n) is 6.35. The molecule has 0 saturated heterocycles. The number of hydrogen-bond acceptors (Lipinski definition) is 3. The van der Waals surface area contributed by atoms with Gasteiger partial charge in [-0.3, -0.25) is 9.59 Å². The van der Waals surface area contributed by atoms with Crippen LogP contribution in [-0.4, -0.2) is 33.7 Å². The molecule has 0 spiro atoms. The maximum absolute atomic E-state index is 13.3. The van der Waals surface area contributed by atoms with Gasteiger partial charge in [0.05, 0.1) is 6.04 Å². The topological polar surface area (TPSA) is 78.1 Å². The molecule has 0 fully saturated rings. The molecule has 2 aromatic heterocycles. The van der Waals surface area contributed by atoms with E-state index in [0.717, 1.165) is 27.6 Å². The monoisotopic (exact) mass is 450 g/mol. The molecule has 0 aliphatic carbocycles. The number of rotatable bonds is 6. The zero-order valence-electron chi connectivity index (χ0n) is 19.0. The molecule has 1 atom stereocenters. The zero-order valence-corrected chi connectivity index (χ0v) is 19.0. The first-order valence-corrected chi connectivity index (χ1v) is 11.4. The average Bonchev–Trinajstić information content (AvgIpc) is 3.30. The van der Waals surface area contributed by atoms with Gasteiger partial charge in [-0.15, -0.1) is 0 Å². The van der Waals surface area contributed by atoms with Crippen LogP contribution in [-0.2, 0) is 22.4 Å². The second-order valence-electron chi connectivity index (χ2n) is 8.60. The average molecular weight is 451 g/mol. The lowest BCUT2D eigenvalue weighted by Gasteiger charge is -2.27. The van der Waals surface area contributed by atoms with Crippen molar-refractivity contribution in [2.45, 2.75) is 25.3 Å². The lowest BCUT2D eigenvalue weighted by Crippen LogP contribution is -2.31. The highest BCUT2D eigenvalue weighted by molar-refractivity contribution is 5.94. The van der Waals surface area contributed by atoms with E-state index < -0.39 is 0 Å². The van der Waals surface area contributed by atoms with Gasteiger partial charge in [0, 0.05) is 48.4 Å². The Morgan fingerprint density at radius 3 is 2.76 bits per heavy atom. The van der Waals surface area contributed by atoms with Gasteiger partial charge in [0.25, 0.3) is 0 Å². The van der Waals surface area contributed by atoms with Gasteiger partial charge in [-0.25, -0.2) is 4.98 Å². The predicted octanol–water partition coefficient (Wildman–Crippen LogP) is 4.90. The Morgan fingerprint density at radius 1 is 1.12 bits per heavy atom. The molecular weight excluding hydrogens is 424 g/mol. The summed E-state index contributed by atoms with van der Waals surface area (Å²) >= 11 is 0. The zero-order chi connectivity index (χ0) is 23.5. The number of benzene rings is 2. The molecule has 170 valence electrons. The fourth-order valence-corrected chi connectivity index (χ4v) is 4.47. The van der Waals surface area contributed by atoms with E-state index in [-0.39, 0.29) is 17.9 Å². The van der Waals surface area contributed by atoms with E-state index in [2.05, 4.69) is 33.5 Å². The van der Waals surface area contributed by atoms with Crippen LogP contribution in [0.25, 0.3) is 17.0 Å². The van der Waals surface area contributed by atoms with Gasteiger partial charge in [-0.1, -0.05) is 48.5 Å². The highest BCUT2D eigenvalue weighted by atomic mass is 16.2. The molecule has 2 N–H and O–H groups in total. The van der Waals surface area contributed by atoms with Gasteiger partial charge < -0.3 is 15.2 Å². The van der Waals surface area contributed by atoms with E-state index in [0.29, 0.717) is 25.1 Å². The molecule has 0 radical (unpaired) electrons. The number of nitrogens with one attached hydrogen (secondary N) is 2. The number of carbonyl (C=O) groups is 2. The van der Waals surface area contributed by atoms with Crippen molar-refractivity contribution in [3.8, 4) is 0 Å². The summed E-state index contributed by atoms with van der Waals surface area (Å²) in [7, 11) is 1.85. The second-order valence-corrected chi connectivity index (χ2v) is 8.60. The largest absolute Gasteiger partial charge is 0.361 e. The first kappa shape index (κ1) is 21.6. The molecule has 0 saturated carbocycles. The minimum atomic E-state index is -0.132. The number of aromatic nitrogens is 2. The summed E-state index contributed by atoms with van der Waals surface area (Å²) in [5.74, 6) is 0.512. The van der Waals surface area contributed by atoms with Crippen molar-refractivity contribution in [3.63, 3.8) is 0 Å². The minimum absolute atomic E-state index is 0.0122. The molecule has 1 aliphatic heterocycles. The summed E-state index contributed by atoms with van der Waals surface area (Å²) in [6.07, 6.45) is 8.88. The van der Waals surface area contributed by atoms with Gasteiger partial charge in [-0.05, 0) is 47.7 Å². The van der Waals surface area contributed by atoms with Crippen LogP contribution < -0.4 is 5.32 Å². The van der Waals surface area contributed by atoms with E-state index in [1.807, 2.05) is 55.7 Å². The Kier molecular flexibility index (Phi) is 5.95. The van der Waals surface area contributed by atoms with Crippen LogP contribution in [0.4, 0.5) is 5.82 Å². The fourth-order valence-electron chi connectivity index (χ4n) is 4.47. The molecule has 2 aromatic carbocycles. The van der Waals surface area contributed by atoms with Crippen molar-refractivity contribution in [1.29, 1.82) is 0 Å². The van der Waals surface area contributed by atoms with E-state index in [1.54, 1.807) is 23.2 Å². The number of pyridine rings is 1. The summed E-state index contributed by atoms with van der Waals surface area (Å²) < 4.78 is 0. The lowest BCUT2D eigenvalue weighted by molar-refractivity contribution is -0.126. The number of aryl methyl sites for hydroxylation is 1. The number of nitrogens with zero attached hydrogens (tertiary/aromatic N) is 2. The number of para-hydroxylation sites is 1. The highest BCUT2D eigenvalue weighted by Crippen LogP contribution is 2.31. The third kappa shape index (κ3) is 4.48. The molecule has 6 nitrogen and oxygen atoms in total. The van der Waals surface area contributed by atoms with Gasteiger partial charge in [0.1, 0.15) is 5.82 Å². The molecule has 5 rings (SSSR count). The van der Waals surface area contributed by atoms with Crippen molar-refractivity contribution >= 4 is 34.6 Å². The molecule has 34 heavy (non-hydrogen) atoms. The maximum atomic E-state index is 13.3. The number of H-pyrrole nitrogens is 1. The Hall–Kier alpha value is -4.19. The van der Waals surface area contributed by atoms with Crippen LogP contribution in [0.1, 0.15) is 34.7 Å². The SMILES string of the molecule is CN(C(=O)/C=C/c1cnc2c(c1)CCC(=O)N2)C(Cc1ccccc1)c1c[nH]c2ccccc12. The van der Waals surface area contributed by atoms with Gasteiger partial charge >= 0.3 is 0 Å². The lowest BCUT2D eigenvalue weighted by atomic mass is 9.97. The highest BCUT2D eigenvalue weighted by Gasteiger charge is 2.24. The molecule has 3 heterocycles. The number of likely N-dealkylation sites (N-methyl/N-ethyl adjacent to an activating group) is 1. The smallest absolute Gasteiger partial charge is 0.246 e. The standard InChI is InChI=1S/C28H26N4O2/c1-32(27(34)14-11-20-15-21-12-13-26(33)31-28(21)30-17-20)25(16-19-7-3-2-4-8-19)23-18-29-24-10-6-5-9-22(23)24/h2-11,14-15,17-18,25,29H,12-13,16H2,1H3,(H,30,31,33)/b14-11+. The Bertz CT molecular complexity index is 1370. The summed E-state index contributed by atoms with van der Waals surface area (Å²) in [6, 6.07) is 20.2. The van der Waals surface area contributed by atoms with E-state index in [9.17, 15) is 9.59 Å². The Morgan fingerprint density at radius 2 is 1.91 bits per heavy atom. The normalized spacial score (nSPS) is 14.1. The van der Waals surface area contributed by atoms with E-state index in [1.165, 1.54) is 5.56 Å². The van der Waals surface area contributed by atoms with E-state index >= 15 is 0 Å². The molecular formula is C28H26N4O2. The third-order valence-corrected chi connectivity index (χ3v) is 6.35. The van der Waals surface area contributed by atoms with Crippen LogP contribution in [0.15, 0.2) is 79.1 Å². The maximum Gasteiger partial charge on any atom is 0.246 e. The number of aromatic amines is 1. The molecule has 4 aromatic rings. The van der Waals surface area contributed by atoms with Crippen LogP contribution in [0, 0.1) is 0 Å². The van der Waals surface area contributed by atoms with E-state index in [4.69, 9.17) is 0 Å². The number of fused-ring (bicyclic) bond motifs is 2. The minimum Gasteiger partial charge on any atom is -0.361 e. The number of amides is 2. The van der Waals surface area contributed by atoms with Crippen molar-refractivity contribution in [2.24, 2.45) is 0 Å². The first-order chi connectivity index (χ1) is 16.6. The number of carbonyl (C=O) groups excluding carboxylic acids is 2. The molecule has 6 heteroatoms. The second kappa shape index (κ2) is 9.35. The summed E-state index contributed by atoms with van der Waals surface area (Å²) in [6.45, 7) is 0. The first-order valence-electron chi connectivity index (χ1n) is 11.4. The Labute approximate surface area is 198 Å². The van der Waals surface area contributed by atoms with Crippen molar-refractivity contribution < 1.29 is 9.59 Å². The van der Waals surface area contributed by atoms with Crippen molar-refractivity contribution in [2.75, 3.05) is 12.4 Å². The number of hydrogen-bond donors (Lipinski definition) is 2. The van der Waals surface area contributed by atoms with Crippen LogP contribution in [0.5, 0.6) is 0 Å². The van der Waals surface area contributed by atoms with Gasteiger partial charge in [0.15, 0.2) is 0 Å². The molecule has 1 unspecified atom stereocenters. The number of anilines is 1. The van der Waals surface area contributed by atoms with Gasteiger partial charge in [-0.2, -0.15) is 0 Å². The fraction of sp³-hybridized carbons (Fsp3) is 0.179. The molecule has 0 bridgehead atoms. The summed E-state index contributed by atoms with van der Waals surface area (Å²) in [4.78, 5) is 34.3. The van der Waals surface area contributed by atoms with Crippen LogP contribution in [0.2, 0.25) is 0 Å². The molecule has 1 aliphatic rings. The van der Waals surface area contributed by atoms with Crippen molar-refractivity contribution in [1.82, 2.24) is 14.9 Å². The van der Waals surface area contributed by atoms with Crippen molar-refractivity contribution in [3.05, 3.63) is 101 Å². The predicted molar refractivity (Wildman–Crippen MR) is 134 cm³/mol. The van der Waals surface area contributed by atoms with Crippen LogP contribution >= 0.6 is 0 Å². The summed E-state index contributed by atoms with van der Waals surface area (Å²) in [5.41, 5.74) is 5.14. The molecule has 2 amide bonds. The van der Waals surface area contributed by atoms with Crippen LogP contribution in [0.3, 0.4) is 0 Å².